The lowest BCUT2D eigenvalue weighted by Gasteiger charge is -2.25. The van der Waals surface area contributed by atoms with E-state index in [2.05, 4.69) is 5.32 Å². The molecule has 1 heterocycles. The first-order valence-corrected chi connectivity index (χ1v) is 6.86. The summed E-state index contributed by atoms with van der Waals surface area (Å²) in [5.41, 5.74) is 5.83. The van der Waals surface area contributed by atoms with Crippen LogP contribution in [0, 0.1) is 11.8 Å². The topological polar surface area (TPSA) is 64.4 Å². The summed E-state index contributed by atoms with van der Waals surface area (Å²) in [6.45, 7) is 2.56. The van der Waals surface area contributed by atoms with E-state index < -0.39 is 0 Å². The second-order valence-corrected chi connectivity index (χ2v) is 5.42. The zero-order valence-corrected chi connectivity index (χ0v) is 10.5. The maximum Gasteiger partial charge on any atom is 0.223 e. The van der Waals surface area contributed by atoms with Gasteiger partial charge in [-0.25, -0.2) is 0 Å². The van der Waals surface area contributed by atoms with Crippen molar-refractivity contribution in [3.8, 4) is 0 Å². The Kier molecular flexibility index (Phi) is 4.80. The van der Waals surface area contributed by atoms with Crippen molar-refractivity contribution in [1.82, 2.24) is 5.32 Å². The molecule has 1 amide bonds. The highest BCUT2D eigenvalue weighted by Crippen LogP contribution is 2.23. The van der Waals surface area contributed by atoms with Gasteiger partial charge in [-0.3, -0.25) is 4.79 Å². The van der Waals surface area contributed by atoms with Crippen LogP contribution in [0.5, 0.6) is 0 Å². The lowest BCUT2D eigenvalue weighted by molar-refractivity contribution is -0.126. The van der Waals surface area contributed by atoms with E-state index in [0.29, 0.717) is 12.0 Å². The first kappa shape index (κ1) is 12.8. The van der Waals surface area contributed by atoms with Crippen molar-refractivity contribution in [2.45, 2.75) is 44.6 Å². The average molecular weight is 240 g/mol. The molecule has 3 N–H and O–H groups in total. The number of nitrogens with two attached hydrogens (primary N) is 1. The summed E-state index contributed by atoms with van der Waals surface area (Å²) in [4.78, 5) is 11.9. The molecule has 0 radical (unpaired) electrons. The first-order valence-electron chi connectivity index (χ1n) is 6.86. The Morgan fingerprint density at radius 1 is 1.24 bits per heavy atom. The van der Waals surface area contributed by atoms with E-state index in [-0.39, 0.29) is 11.8 Å². The molecule has 1 saturated heterocycles. The van der Waals surface area contributed by atoms with E-state index in [0.717, 1.165) is 58.3 Å². The van der Waals surface area contributed by atoms with E-state index in [1.165, 1.54) is 0 Å². The van der Waals surface area contributed by atoms with Crippen molar-refractivity contribution in [3.05, 3.63) is 0 Å². The van der Waals surface area contributed by atoms with Gasteiger partial charge in [0, 0.05) is 31.7 Å². The van der Waals surface area contributed by atoms with Gasteiger partial charge in [-0.2, -0.15) is 0 Å². The number of amides is 1. The van der Waals surface area contributed by atoms with Crippen LogP contribution in [0.2, 0.25) is 0 Å². The van der Waals surface area contributed by atoms with Crippen LogP contribution < -0.4 is 11.1 Å². The number of nitrogens with one attached hydrogen (secondary N) is 1. The summed E-state index contributed by atoms with van der Waals surface area (Å²) in [5, 5.41) is 3.06. The Morgan fingerprint density at radius 2 is 2.00 bits per heavy atom. The highest BCUT2D eigenvalue weighted by atomic mass is 16.5. The fraction of sp³-hybridized carbons (Fsp3) is 0.923. The van der Waals surface area contributed by atoms with Crippen LogP contribution in [-0.4, -0.2) is 31.7 Å². The van der Waals surface area contributed by atoms with Crippen molar-refractivity contribution >= 4 is 5.91 Å². The SMILES string of the molecule is NC1CCC(C(=O)NCCC2CCOC2)CC1. The summed E-state index contributed by atoms with van der Waals surface area (Å²) in [7, 11) is 0. The van der Waals surface area contributed by atoms with Crippen LogP contribution in [-0.2, 0) is 9.53 Å². The van der Waals surface area contributed by atoms with E-state index in [4.69, 9.17) is 10.5 Å². The van der Waals surface area contributed by atoms with Crippen LogP contribution in [0.25, 0.3) is 0 Å². The molecule has 4 nitrogen and oxygen atoms in total. The Balaban J connectivity index is 1.60. The fourth-order valence-corrected chi connectivity index (χ4v) is 2.74. The Hall–Kier alpha value is -0.610. The van der Waals surface area contributed by atoms with Crippen LogP contribution in [0.1, 0.15) is 38.5 Å². The van der Waals surface area contributed by atoms with E-state index in [1.54, 1.807) is 0 Å². The molecule has 1 saturated carbocycles. The molecule has 2 fully saturated rings. The molecular weight excluding hydrogens is 216 g/mol. The van der Waals surface area contributed by atoms with Crippen LogP contribution >= 0.6 is 0 Å². The fourth-order valence-electron chi connectivity index (χ4n) is 2.74. The molecule has 17 heavy (non-hydrogen) atoms. The second kappa shape index (κ2) is 6.36. The molecule has 0 bridgehead atoms. The third-order valence-electron chi connectivity index (χ3n) is 4.02. The van der Waals surface area contributed by atoms with Crippen molar-refractivity contribution in [2.75, 3.05) is 19.8 Å². The smallest absolute Gasteiger partial charge is 0.223 e. The Bertz CT molecular complexity index is 244. The van der Waals surface area contributed by atoms with Gasteiger partial charge < -0.3 is 15.8 Å². The van der Waals surface area contributed by atoms with Gasteiger partial charge in [-0.15, -0.1) is 0 Å². The summed E-state index contributed by atoms with van der Waals surface area (Å²) < 4.78 is 5.32. The van der Waals surface area contributed by atoms with Crippen molar-refractivity contribution in [3.63, 3.8) is 0 Å². The highest BCUT2D eigenvalue weighted by Gasteiger charge is 2.24. The molecule has 0 aromatic heterocycles. The van der Waals surface area contributed by atoms with Crippen molar-refractivity contribution < 1.29 is 9.53 Å². The maximum atomic E-state index is 11.9. The number of hydrogen-bond acceptors (Lipinski definition) is 3. The van der Waals surface area contributed by atoms with E-state index in [1.807, 2.05) is 0 Å². The molecule has 4 heteroatoms. The molecule has 98 valence electrons. The minimum Gasteiger partial charge on any atom is -0.381 e. The maximum absolute atomic E-state index is 11.9. The Labute approximate surface area is 103 Å². The standard InChI is InChI=1S/C13H24N2O2/c14-12-3-1-11(2-4-12)13(16)15-7-5-10-6-8-17-9-10/h10-12H,1-9,14H2,(H,15,16). The van der Waals surface area contributed by atoms with Crippen molar-refractivity contribution in [2.24, 2.45) is 17.6 Å². The van der Waals surface area contributed by atoms with Gasteiger partial charge >= 0.3 is 0 Å². The number of carbonyl (C=O) groups excluding carboxylic acids is 1. The van der Waals surface area contributed by atoms with Gasteiger partial charge in [-0.1, -0.05) is 0 Å². The second-order valence-electron chi connectivity index (χ2n) is 5.42. The largest absolute Gasteiger partial charge is 0.381 e. The molecule has 0 spiro atoms. The molecule has 1 atom stereocenters. The van der Waals surface area contributed by atoms with E-state index >= 15 is 0 Å². The molecule has 0 aromatic rings. The first-order chi connectivity index (χ1) is 8.25. The summed E-state index contributed by atoms with van der Waals surface area (Å²) in [5.74, 6) is 1.08. The number of rotatable bonds is 4. The lowest BCUT2D eigenvalue weighted by atomic mass is 9.86. The zero-order chi connectivity index (χ0) is 12.1. The Morgan fingerprint density at radius 3 is 2.65 bits per heavy atom. The number of carbonyl (C=O) groups is 1. The molecule has 2 aliphatic rings. The van der Waals surface area contributed by atoms with Crippen LogP contribution in [0.4, 0.5) is 0 Å². The quantitative estimate of drug-likeness (QED) is 0.772. The third kappa shape index (κ3) is 3.96. The zero-order valence-electron chi connectivity index (χ0n) is 10.5. The molecule has 1 unspecified atom stereocenters. The van der Waals surface area contributed by atoms with Gasteiger partial charge in [0.05, 0.1) is 0 Å². The third-order valence-corrected chi connectivity index (χ3v) is 4.02. The van der Waals surface area contributed by atoms with Crippen LogP contribution in [0.15, 0.2) is 0 Å². The summed E-state index contributed by atoms with van der Waals surface area (Å²) in [6.07, 6.45) is 6.11. The lowest BCUT2D eigenvalue weighted by Crippen LogP contribution is -2.37. The minimum absolute atomic E-state index is 0.203. The van der Waals surface area contributed by atoms with Gasteiger partial charge in [0.15, 0.2) is 0 Å². The van der Waals surface area contributed by atoms with Crippen molar-refractivity contribution in [1.29, 1.82) is 0 Å². The summed E-state index contributed by atoms with van der Waals surface area (Å²) >= 11 is 0. The molecular formula is C13H24N2O2. The molecule has 1 aliphatic heterocycles. The van der Waals surface area contributed by atoms with Gasteiger partial charge in [0.25, 0.3) is 0 Å². The molecule has 0 aromatic carbocycles. The summed E-state index contributed by atoms with van der Waals surface area (Å²) in [6, 6.07) is 0.315. The predicted octanol–water partition coefficient (Wildman–Crippen LogP) is 1.05. The van der Waals surface area contributed by atoms with Crippen LogP contribution in [0.3, 0.4) is 0 Å². The monoisotopic (exact) mass is 240 g/mol. The highest BCUT2D eigenvalue weighted by molar-refractivity contribution is 5.78. The van der Waals surface area contributed by atoms with Gasteiger partial charge in [-0.05, 0) is 44.4 Å². The van der Waals surface area contributed by atoms with E-state index in [9.17, 15) is 4.79 Å². The minimum atomic E-state index is 0.203. The average Bonchev–Trinajstić information content (AvgIpc) is 2.83. The molecule has 1 aliphatic carbocycles. The van der Waals surface area contributed by atoms with Gasteiger partial charge in [0.2, 0.25) is 5.91 Å². The normalized spacial score (nSPS) is 33.6. The predicted molar refractivity (Wildman–Crippen MR) is 66.5 cm³/mol. The molecule has 2 rings (SSSR count). The van der Waals surface area contributed by atoms with Gasteiger partial charge in [0.1, 0.15) is 0 Å². The number of hydrogen-bond donors (Lipinski definition) is 2. The number of ether oxygens (including phenoxy) is 1.